The maximum atomic E-state index is 12.7. The van der Waals surface area contributed by atoms with Crippen LogP contribution in [0.3, 0.4) is 0 Å². The minimum Gasteiger partial charge on any atom is -0.342 e. The Kier molecular flexibility index (Phi) is 6.75. The molecule has 1 aromatic rings. The normalized spacial score (nSPS) is 21.7. The summed E-state index contributed by atoms with van der Waals surface area (Å²) in [4.78, 5) is 30.3. The molecule has 3 heterocycles. The molecule has 2 aliphatic rings. The highest BCUT2D eigenvalue weighted by Gasteiger charge is 2.28. The zero-order valence-corrected chi connectivity index (χ0v) is 17.9. The zero-order chi connectivity index (χ0) is 20.3. The summed E-state index contributed by atoms with van der Waals surface area (Å²) in [5, 5.41) is 4.69. The Morgan fingerprint density at radius 2 is 1.89 bits per heavy atom. The van der Waals surface area contributed by atoms with E-state index in [1.165, 1.54) is 19.3 Å². The molecule has 7 heteroatoms. The van der Waals surface area contributed by atoms with Crippen molar-refractivity contribution in [2.24, 2.45) is 7.05 Å². The predicted molar refractivity (Wildman–Crippen MR) is 109 cm³/mol. The van der Waals surface area contributed by atoms with Crippen molar-refractivity contribution in [1.82, 2.24) is 24.5 Å². The van der Waals surface area contributed by atoms with E-state index in [4.69, 9.17) is 0 Å². The van der Waals surface area contributed by atoms with Crippen molar-refractivity contribution in [3.63, 3.8) is 0 Å². The summed E-state index contributed by atoms with van der Waals surface area (Å²) in [7, 11) is 3.74. The fraction of sp³-hybridized carbons (Fsp3) is 0.762. The Morgan fingerprint density at radius 3 is 2.54 bits per heavy atom. The van der Waals surface area contributed by atoms with Gasteiger partial charge in [0.15, 0.2) is 0 Å². The summed E-state index contributed by atoms with van der Waals surface area (Å²) in [6.07, 6.45) is 5.61. The predicted octanol–water partition coefficient (Wildman–Crippen LogP) is 1.98. The average molecular weight is 390 g/mol. The molecule has 2 aliphatic heterocycles. The molecule has 0 spiro atoms. The molecule has 1 atom stereocenters. The van der Waals surface area contributed by atoms with Crippen molar-refractivity contribution < 1.29 is 9.59 Å². The smallest absolute Gasteiger partial charge is 0.236 e. The van der Waals surface area contributed by atoms with Gasteiger partial charge in [0.2, 0.25) is 11.8 Å². The number of rotatable bonds is 5. The lowest BCUT2D eigenvalue weighted by Crippen LogP contribution is -2.47. The highest BCUT2D eigenvalue weighted by Crippen LogP contribution is 2.28. The second-order valence-corrected chi connectivity index (χ2v) is 8.53. The zero-order valence-electron chi connectivity index (χ0n) is 17.9. The van der Waals surface area contributed by atoms with Crippen molar-refractivity contribution in [2.75, 3.05) is 33.2 Å². The van der Waals surface area contributed by atoms with Gasteiger partial charge in [-0.1, -0.05) is 6.42 Å². The highest BCUT2D eigenvalue weighted by atomic mass is 16.2. The molecule has 0 bridgehead atoms. The largest absolute Gasteiger partial charge is 0.342 e. The SMILES string of the molecule is CC(=O)N(C)Cc1cc(C2CCN(C(=O)CN3CCCCC3C)CC2)nn1C. The standard InChI is InChI=1S/C21H35N5O2/c1-16-7-5-6-10-26(16)15-21(28)25-11-8-18(9-12-25)20-13-19(24(4)22-20)14-23(3)17(2)27/h13,16,18H,5-12,14-15H2,1-4H3. The Bertz CT molecular complexity index is 693. The van der Waals surface area contributed by atoms with Crippen LogP contribution in [0, 0.1) is 0 Å². The Morgan fingerprint density at radius 1 is 1.18 bits per heavy atom. The van der Waals surface area contributed by atoms with Crippen molar-refractivity contribution in [2.45, 2.75) is 64.5 Å². The van der Waals surface area contributed by atoms with Gasteiger partial charge >= 0.3 is 0 Å². The van der Waals surface area contributed by atoms with E-state index in [-0.39, 0.29) is 11.8 Å². The Balaban J connectivity index is 1.52. The van der Waals surface area contributed by atoms with Crippen LogP contribution in [0.25, 0.3) is 0 Å². The van der Waals surface area contributed by atoms with Crippen LogP contribution >= 0.6 is 0 Å². The molecule has 7 nitrogen and oxygen atoms in total. The van der Waals surface area contributed by atoms with Gasteiger partial charge < -0.3 is 9.80 Å². The van der Waals surface area contributed by atoms with Crippen LogP contribution in [0.15, 0.2) is 6.07 Å². The van der Waals surface area contributed by atoms with Crippen LogP contribution < -0.4 is 0 Å². The molecule has 28 heavy (non-hydrogen) atoms. The number of piperidine rings is 2. The minimum absolute atomic E-state index is 0.0533. The van der Waals surface area contributed by atoms with Gasteiger partial charge in [0, 0.05) is 46.1 Å². The topological polar surface area (TPSA) is 61.7 Å². The van der Waals surface area contributed by atoms with Gasteiger partial charge in [-0.25, -0.2) is 0 Å². The van der Waals surface area contributed by atoms with Gasteiger partial charge in [-0.2, -0.15) is 5.10 Å². The maximum absolute atomic E-state index is 12.7. The third-order valence-corrected chi connectivity index (χ3v) is 6.48. The summed E-state index contributed by atoms with van der Waals surface area (Å²) < 4.78 is 1.88. The van der Waals surface area contributed by atoms with E-state index >= 15 is 0 Å². The molecule has 2 fully saturated rings. The Hall–Kier alpha value is -1.89. The number of carbonyl (C=O) groups is 2. The molecular weight excluding hydrogens is 354 g/mol. The first-order valence-electron chi connectivity index (χ1n) is 10.6. The quantitative estimate of drug-likeness (QED) is 0.773. The molecule has 0 N–H and O–H groups in total. The molecule has 0 saturated carbocycles. The molecule has 2 saturated heterocycles. The molecule has 0 radical (unpaired) electrons. The number of aryl methyl sites for hydroxylation is 1. The number of amides is 2. The second-order valence-electron chi connectivity index (χ2n) is 8.53. The molecule has 156 valence electrons. The summed E-state index contributed by atoms with van der Waals surface area (Å²) in [6.45, 7) is 7.63. The lowest BCUT2D eigenvalue weighted by molar-refractivity contribution is -0.134. The lowest BCUT2D eigenvalue weighted by Gasteiger charge is -2.36. The average Bonchev–Trinajstić information content (AvgIpc) is 3.04. The third kappa shape index (κ3) is 4.93. The molecule has 3 rings (SSSR count). The van der Waals surface area contributed by atoms with E-state index in [1.807, 2.05) is 23.7 Å². The molecule has 1 aromatic heterocycles. The third-order valence-electron chi connectivity index (χ3n) is 6.48. The summed E-state index contributed by atoms with van der Waals surface area (Å²) in [6, 6.07) is 2.65. The summed E-state index contributed by atoms with van der Waals surface area (Å²) in [5.74, 6) is 0.718. The first-order valence-corrected chi connectivity index (χ1v) is 10.6. The van der Waals surface area contributed by atoms with Gasteiger partial charge in [-0.15, -0.1) is 0 Å². The van der Waals surface area contributed by atoms with E-state index in [0.29, 0.717) is 25.0 Å². The summed E-state index contributed by atoms with van der Waals surface area (Å²) >= 11 is 0. The number of carbonyl (C=O) groups excluding carboxylic acids is 2. The van der Waals surface area contributed by atoms with Crippen molar-refractivity contribution >= 4 is 11.8 Å². The van der Waals surface area contributed by atoms with Crippen LogP contribution in [0.1, 0.15) is 63.3 Å². The number of aromatic nitrogens is 2. The number of likely N-dealkylation sites (tertiary alicyclic amines) is 2. The van der Waals surface area contributed by atoms with E-state index in [1.54, 1.807) is 11.8 Å². The van der Waals surface area contributed by atoms with Crippen molar-refractivity contribution in [3.05, 3.63) is 17.5 Å². The van der Waals surface area contributed by atoms with Crippen LogP contribution in [0.5, 0.6) is 0 Å². The first kappa shape index (κ1) is 20.8. The Labute approximate surface area is 168 Å². The van der Waals surface area contributed by atoms with Crippen LogP contribution in [-0.4, -0.2) is 75.6 Å². The number of nitrogens with zero attached hydrogens (tertiary/aromatic N) is 5. The first-order chi connectivity index (χ1) is 13.3. The lowest BCUT2D eigenvalue weighted by atomic mass is 9.93. The number of hydrogen-bond acceptors (Lipinski definition) is 4. The van der Waals surface area contributed by atoms with Gasteiger partial charge in [0.1, 0.15) is 0 Å². The molecule has 1 unspecified atom stereocenters. The highest BCUT2D eigenvalue weighted by molar-refractivity contribution is 5.78. The fourth-order valence-corrected chi connectivity index (χ4v) is 4.32. The van der Waals surface area contributed by atoms with Gasteiger partial charge in [0.05, 0.1) is 24.5 Å². The van der Waals surface area contributed by atoms with E-state index < -0.39 is 0 Å². The van der Waals surface area contributed by atoms with E-state index in [2.05, 4.69) is 23.0 Å². The molecule has 0 aromatic carbocycles. The maximum Gasteiger partial charge on any atom is 0.236 e. The summed E-state index contributed by atoms with van der Waals surface area (Å²) in [5.41, 5.74) is 2.14. The van der Waals surface area contributed by atoms with Crippen LogP contribution in [-0.2, 0) is 23.2 Å². The second kappa shape index (κ2) is 9.07. The molecule has 0 aliphatic carbocycles. The van der Waals surface area contributed by atoms with Crippen molar-refractivity contribution in [1.29, 1.82) is 0 Å². The molecular formula is C21H35N5O2. The van der Waals surface area contributed by atoms with Gasteiger partial charge in [-0.05, 0) is 45.2 Å². The minimum atomic E-state index is 0.0533. The van der Waals surface area contributed by atoms with Gasteiger partial charge in [-0.3, -0.25) is 19.2 Å². The van der Waals surface area contributed by atoms with Crippen molar-refractivity contribution in [3.8, 4) is 0 Å². The van der Waals surface area contributed by atoms with Crippen LogP contribution in [0.2, 0.25) is 0 Å². The fourth-order valence-electron chi connectivity index (χ4n) is 4.32. The van der Waals surface area contributed by atoms with E-state index in [0.717, 1.165) is 43.9 Å². The van der Waals surface area contributed by atoms with Gasteiger partial charge in [0.25, 0.3) is 0 Å². The monoisotopic (exact) mass is 389 g/mol. The molecule has 2 amide bonds. The van der Waals surface area contributed by atoms with E-state index in [9.17, 15) is 9.59 Å². The van der Waals surface area contributed by atoms with Crippen LogP contribution in [0.4, 0.5) is 0 Å². The number of hydrogen-bond donors (Lipinski definition) is 0.